The molecule has 1 heterocycles. The molecule has 0 saturated carbocycles. The molecule has 0 aromatic carbocycles. The summed E-state index contributed by atoms with van der Waals surface area (Å²) in [5, 5.41) is 0. The Morgan fingerprint density at radius 3 is 2.75 bits per heavy atom. The van der Waals surface area contributed by atoms with Gasteiger partial charge in [0.2, 0.25) is 0 Å². The third-order valence-electron chi connectivity index (χ3n) is 1.54. The molecule has 1 aliphatic rings. The number of hydrogen-bond donors (Lipinski definition) is 1. The average Bonchev–Trinajstić information content (AvgIpc) is 2.14. The zero-order chi connectivity index (χ0) is 5.98. The van der Waals surface area contributed by atoms with Gasteiger partial charge in [0.1, 0.15) is 0 Å². The predicted octanol–water partition coefficient (Wildman–Crippen LogP) is 0.243. The summed E-state index contributed by atoms with van der Waals surface area (Å²) in [5.74, 6) is 0. The van der Waals surface area contributed by atoms with Crippen LogP contribution in [-0.2, 0) is 0 Å². The lowest BCUT2D eigenvalue weighted by molar-refractivity contribution is 0.566. The molecule has 48 valence electrons. The highest BCUT2D eigenvalue weighted by Gasteiger charge is 2.16. The second-order valence-corrected chi connectivity index (χ2v) is 3.30. The van der Waals surface area contributed by atoms with E-state index >= 15 is 0 Å². The fourth-order valence-electron chi connectivity index (χ4n) is 0.990. The van der Waals surface area contributed by atoms with E-state index in [-0.39, 0.29) is 0 Å². The lowest BCUT2D eigenvalue weighted by atomic mass is 10.3. The zero-order valence-electron chi connectivity index (χ0n) is 5.22. The Hall–Kier alpha value is 0.350. The Morgan fingerprint density at radius 1 is 1.75 bits per heavy atom. The topological polar surface area (TPSA) is 29.3 Å². The molecule has 2 atom stereocenters. The van der Waals surface area contributed by atoms with Gasteiger partial charge < -0.3 is 5.73 Å². The van der Waals surface area contributed by atoms with E-state index in [1.807, 2.05) is 0 Å². The van der Waals surface area contributed by atoms with Crippen molar-refractivity contribution < 1.29 is 0 Å². The molecule has 1 fully saturated rings. The lowest BCUT2D eigenvalue weighted by Crippen LogP contribution is -2.21. The molecule has 2 unspecified atom stereocenters. The van der Waals surface area contributed by atoms with Gasteiger partial charge in [0.25, 0.3) is 0 Å². The van der Waals surface area contributed by atoms with Gasteiger partial charge in [-0.15, -0.1) is 0 Å². The molecule has 0 aromatic heterocycles. The monoisotopic (exact) mass is 132 g/mol. The van der Waals surface area contributed by atoms with E-state index in [1.165, 1.54) is 13.0 Å². The first kappa shape index (κ1) is 6.47. The third-order valence-corrected chi connectivity index (χ3v) is 2.58. The van der Waals surface area contributed by atoms with E-state index in [0.717, 1.165) is 15.3 Å². The van der Waals surface area contributed by atoms with Crippen LogP contribution in [0.1, 0.15) is 6.42 Å². The molecule has 2 N–H and O–H groups in total. The minimum absolute atomic E-state index is 0.461. The smallest absolute Gasteiger partial charge is 0.0183 e. The summed E-state index contributed by atoms with van der Waals surface area (Å²) in [4.78, 5) is 0. The molecule has 0 aliphatic carbocycles. The van der Waals surface area contributed by atoms with Gasteiger partial charge >= 0.3 is 0 Å². The largest absolute Gasteiger partial charge is 0.326 e. The van der Waals surface area contributed by atoms with E-state index in [9.17, 15) is 0 Å². The maximum Gasteiger partial charge on any atom is 0.0183 e. The fourth-order valence-corrected chi connectivity index (χ4v) is 1.76. The van der Waals surface area contributed by atoms with Gasteiger partial charge in [-0.3, -0.25) is 4.67 Å². The minimum atomic E-state index is 0.461. The van der Waals surface area contributed by atoms with Crippen LogP contribution in [-0.4, -0.2) is 30.5 Å². The highest BCUT2D eigenvalue weighted by molar-refractivity contribution is 7.34. The highest BCUT2D eigenvalue weighted by atomic mass is 31.1. The SMILES string of the molecule is CPN1CCC(N)C1. The fraction of sp³-hybridized carbons (Fsp3) is 1.00. The van der Waals surface area contributed by atoms with E-state index < -0.39 is 0 Å². The Bertz CT molecular complexity index is 76.8. The molecular formula is C5H13N2P. The first-order valence-electron chi connectivity index (χ1n) is 3.01. The molecule has 0 spiro atoms. The maximum absolute atomic E-state index is 5.66. The Morgan fingerprint density at radius 2 is 2.50 bits per heavy atom. The average molecular weight is 132 g/mol. The first-order valence-corrected chi connectivity index (χ1v) is 4.45. The molecule has 0 aromatic rings. The van der Waals surface area contributed by atoms with Gasteiger partial charge in [0, 0.05) is 19.1 Å². The predicted molar refractivity (Wildman–Crippen MR) is 38.4 cm³/mol. The van der Waals surface area contributed by atoms with Crippen LogP contribution in [0.3, 0.4) is 0 Å². The van der Waals surface area contributed by atoms with Crippen molar-refractivity contribution >= 4 is 8.73 Å². The van der Waals surface area contributed by atoms with Crippen LogP contribution in [0.15, 0.2) is 0 Å². The highest BCUT2D eigenvalue weighted by Crippen LogP contribution is 2.19. The van der Waals surface area contributed by atoms with Crippen LogP contribution >= 0.6 is 8.73 Å². The lowest BCUT2D eigenvalue weighted by Gasteiger charge is -2.09. The number of rotatable bonds is 1. The Kier molecular flexibility index (Phi) is 2.24. The van der Waals surface area contributed by atoms with Gasteiger partial charge in [0.05, 0.1) is 0 Å². The van der Waals surface area contributed by atoms with Crippen molar-refractivity contribution in [3.63, 3.8) is 0 Å². The van der Waals surface area contributed by atoms with Crippen molar-refractivity contribution in [3.8, 4) is 0 Å². The summed E-state index contributed by atoms with van der Waals surface area (Å²) in [6, 6.07) is 0.461. The standard InChI is InChI=1S/C5H13N2P/c1-8-7-3-2-5(6)4-7/h5,8H,2-4,6H2,1H3. The summed E-state index contributed by atoms with van der Waals surface area (Å²) in [6.07, 6.45) is 1.20. The Labute approximate surface area is 52.3 Å². The van der Waals surface area contributed by atoms with Crippen molar-refractivity contribution in [2.45, 2.75) is 12.5 Å². The second-order valence-electron chi connectivity index (χ2n) is 2.22. The van der Waals surface area contributed by atoms with E-state index in [2.05, 4.69) is 11.3 Å². The molecule has 1 rings (SSSR count). The molecule has 0 bridgehead atoms. The number of nitrogens with zero attached hydrogens (tertiary/aromatic N) is 1. The molecule has 3 heteroatoms. The van der Waals surface area contributed by atoms with Gasteiger partial charge in [-0.05, 0) is 13.1 Å². The van der Waals surface area contributed by atoms with Crippen molar-refractivity contribution in [2.75, 3.05) is 19.8 Å². The van der Waals surface area contributed by atoms with E-state index in [4.69, 9.17) is 5.73 Å². The Balaban J connectivity index is 2.22. The first-order chi connectivity index (χ1) is 3.83. The van der Waals surface area contributed by atoms with Crippen LogP contribution < -0.4 is 5.73 Å². The quantitative estimate of drug-likeness (QED) is 0.518. The summed E-state index contributed by atoms with van der Waals surface area (Å²) in [7, 11) is 0.951. The van der Waals surface area contributed by atoms with Crippen molar-refractivity contribution in [1.82, 2.24) is 4.67 Å². The van der Waals surface area contributed by atoms with Crippen molar-refractivity contribution in [3.05, 3.63) is 0 Å². The molecular weight excluding hydrogens is 119 g/mol. The minimum Gasteiger partial charge on any atom is -0.326 e. The summed E-state index contributed by atoms with van der Waals surface area (Å²) >= 11 is 0. The third kappa shape index (κ3) is 1.41. The van der Waals surface area contributed by atoms with Crippen LogP contribution in [0.5, 0.6) is 0 Å². The van der Waals surface area contributed by atoms with Crippen LogP contribution in [0.2, 0.25) is 0 Å². The van der Waals surface area contributed by atoms with Gasteiger partial charge in [-0.25, -0.2) is 0 Å². The van der Waals surface area contributed by atoms with E-state index in [0.29, 0.717) is 6.04 Å². The number of nitrogens with two attached hydrogens (primary N) is 1. The maximum atomic E-state index is 5.66. The molecule has 8 heavy (non-hydrogen) atoms. The van der Waals surface area contributed by atoms with Crippen LogP contribution in [0.25, 0.3) is 0 Å². The molecule has 1 aliphatic heterocycles. The normalized spacial score (nSPS) is 33.0. The zero-order valence-corrected chi connectivity index (χ0v) is 6.22. The van der Waals surface area contributed by atoms with Crippen LogP contribution in [0.4, 0.5) is 0 Å². The number of hydrogen-bond acceptors (Lipinski definition) is 2. The second kappa shape index (κ2) is 2.77. The van der Waals surface area contributed by atoms with Crippen LogP contribution in [0, 0.1) is 0 Å². The van der Waals surface area contributed by atoms with Gasteiger partial charge in [-0.2, -0.15) is 0 Å². The summed E-state index contributed by atoms with van der Waals surface area (Å²) in [6.45, 7) is 4.54. The van der Waals surface area contributed by atoms with E-state index in [1.54, 1.807) is 0 Å². The summed E-state index contributed by atoms with van der Waals surface area (Å²) < 4.78 is 2.41. The molecule has 2 nitrogen and oxygen atoms in total. The summed E-state index contributed by atoms with van der Waals surface area (Å²) in [5.41, 5.74) is 5.66. The van der Waals surface area contributed by atoms with Gasteiger partial charge in [-0.1, -0.05) is 8.73 Å². The van der Waals surface area contributed by atoms with Crippen molar-refractivity contribution in [1.29, 1.82) is 0 Å². The molecule has 0 amide bonds. The van der Waals surface area contributed by atoms with Gasteiger partial charge in [0.15, 0.2) is 0 Å². The molecule has 1 saturated heterocycles. The molecule has 0 radical (unpaired) electrons. The van der Waals surface area contributed by atoms with Crippen molar-refractivity contribution in [2.24, 2.45) is 5.73 Å².